The van der Waals surface area contributed by atoms with Gasteiger partial charge in [-0.15, -0.1) is 0 Å². The Bertz CT molecular complexity index is 871. The van der Waals surface area contributed by atoms with Gasteiger partial charge in [-0.3, -0.25) is 4.79 Å². The number of carbonyl (C=O) groups excluding carboxylic acids is 2. The molecule has 0 aromatic heterocycles. The van der Waals surface area contributed by atoms with Gasteiger partial charge in [-0.2, -0.15) is 0 Å². The minimum absolute atomic E-state index is 0.0237. The molecule has 6 heteroatoms. The van der Waals surface area contributed by atoms with Crippen LogP contribution in [0.4, 0.5) is 0 Å². The van der Waals surface area contributed by atoms with Crippen LogP contribution in [0.25, 0.3) is 0 Å². The number of aliphatic hydroxyl groups excluding tert-OH is 2. The van der Waals surface area contributed by atoms with E-state index in [1.165, 1.54) is 0 Å². The highest BCUT2D eigenvalue weighted by Crippen LogP contribution is 2.72. The number of aliphatic hydroxyl groups is 3. The summed E-state index contributed by atoms with van der Waals surface area (Å²) in [5, 5.41) is 33.9. The average molecular weight is 433 g/mol. The first-order valence-corrected chi connectivity index (χ1v) is 11.5. The van der Waals surface area contributed by atoms with Gasteiger partial charge < -0.3 is 20.1 Å². The molecule has 0 aromatic carbocycles. The Balaban J connectivity index is 1.88. The summed E-state index contributed by atoms with van der Waals surface area (Å²) in [7, 11) is 0. The lowest BCUT2D eigenvalue weighted by atomic mass is 9.59. The molecule has 2 bridgehead atoms. The van der Waals surface area contributed by atoms with Crippen LogP contribution in [0, 0.1) is 40.4 Å². The highest BCUT2D eigenvalue weighted by molar-refractivity contribution is 5.94. The normalized spacial score (nSPS) is 48.2. The number of ketones is 1. The number of hydrogen-bond donors (Lipinski definition) is 3. The number of Topliss-reactive ketones (excluding diaryl/α,β-unsaturated/α-hetero) is 1. The first-order valence-electron chi connectivity index (χ1n) is 11.5. The number of hydrogen-bond acceptors (Lipinski definition) is 6. The van der Waals surface area contributed by atoms with Crippen molar-refractivity contribution in [1.82, 2.24) is 0 Å². The molecule has 0 aromatic rings. The molecule has 3 fully saturated rings. The van der Waals surface area contributed by atoms with Crippen molar-refractivity contribution in [2.45, 2.75) is 72.2 Å². The molecule has 4 aliphatic carbocycles. The van der Waals surface area contributed by atoms with Gasteiger partial charge in [0.15, 0.2) is 6.10 Å². The van der Waals surface area contributed by atoms with Crippen molar-refractivity contribution >= 4 is 11.8 Å². The third kappa shape index (κ3) is 2.67. The zero-order chi connectivity index (χ0) is 23.1. The van der Waals surface area contributed by atoms with Crippen molar-refractivity contribution in [2.24, 2.45) is 40.4 Å². The molecule has 1 spiro atoms. The molecule has 0 aliphatic heterocycles. The van der Waals surface area contributed by atoms with E-state index in [1.807, 2.05) is 6.92 Å². The Hall–Kier alpha value is -1.50. The number of rotatable bonds is 3. The summed E-state index contributed by atoms with van der Waals surface area (Å²) in [6.45, 7) is 11.1. The molecule has 172 valence electrons. The summed E-state index contributed by atoms with van der Waals surface area (Å²) in [6, 6.07) is 0. The Morgan fingerprint density at radius 1 is 1.32 bits per heavy atom. The fourth-order valence-electron chi connectivity index (χ4n) is 7.38. The molecule has 4 aliphatic rings. The van der Waals surface area contributed by atoms with Gasteiger partial charge in [-0.1, -0.05) is 32.9 Å². The molecule has 3 N–H and O–H groups in total. The minimum Gasteiger partial charge on any atom is -0.451 e. The summed E-state index contributed by atoms with van der Waals surface area (Å²) in [5.74, 6) is -1.39. The predicted octanol–water partition coefficient (Wildman–Crippen LogP) is 2.41. The van der Waals surface area contributed by atoms with E-state index in [0.29, 0.717) is 23.5 Å². The van der Waals surface area contributed by atoms with Crippen LogP contribution < -0.4 is 0 Å². The van der Waals surface area contributed by atoms with Gasteiger partial charge in [0, 0.05) is 24.0 Å². The van der Waals surface area contributed by atoms with E-state index >= 15 is 0 Å². The Morgan fingerprint density at radius 3 is 2.55 bits per heavy atom. The summed E-state index contributed by atoms with van der Waals surface area (Å²) in [4.78, 5) is 26.9. The standard InChI is InChI=1S/C25H36O6/c1-7-12(2)22(29)31-21-13(3)10-24-14(4)8-17-18(23(17,5)6)16(20(24)28)9-15(11-26)19(27)25(21,24)30/h7,10,14-19,21,26-27,30H,8-9,11H2,1-6H3/b12-7-/t14?,15?,16-,17+,18-,19+,21-,24?,25-/m0/s1. The highest BCUT2D eigenvalue weighted by Gasteiger charge is 2.77. The van der Waals surface area contributed by atoms with E-state index in [4.69, 9.17) is 4.74 Å². The number of allylic oxidation sites excluding steroid dienone is 1. The average Bonchev–Trinajstić information content (AvgIpc) is 3.21. The van der Waals surface area contributed by atoms with Crippen LogP contribution in [0.15, 0.2) is 23.3 Å². The molecular formula is C25H36O6. The summed E-state index contributed by atoms with van der Waals surface area (Å²) in [5.41, 5.74) is -2.37. The van der Waals surface area contributed by atoms with Crippen molar-refractivity contribution in [1.29, 1.82) is 0 Å². The van der Waals surface area contributed by atoms with E-state index in [9.17, 15) is 24.9 Å². The van der Waals surface area contributed by atoms with E-state index in [1.54, 1.807) is 32.9 Å². The maximum atomic E-state index is 14.2. The van der Waals surface area contributed by atoms with Crippen molar-refractivity contribution in [3.8, 4) is 0 Å². The zero-order valence-electron chi connectivity index (χ0n) is 19.4. The van der Waals surface area contributed by atoms with Crippen LogP contribution >= 0.6 is 0 Å². The van der Waals surface area contributed by atoms with Crippen LogP contribution in [0.1, 0.15) is 54.4 Å². The topological polar surface area (TPSA) is 104 Å². The zero-order valence-corrected chi connectivity index (χ0v) is 19.4. The predicted molar refractivity (Wildman–Crippen MR) is 115 cm³/mol. The Labute approximate surface area is 184 Å². The smallest absolute Gasteiger partial charge is 0.334 e. The Morgan fingerprint density at radius 2 is 1.97 bits per heavy atom. The molecule has 4 rings (SSSR count). The molecule has 0 amide bonds. The highest BCUT2D eigenvalue weighted by atomic mass is 16.6. The minimum atomic E-state index is -2.01. The molecular weight excluding hydrogens is 396 g/mol. The van der Waals surface area contributed by atoms with Crippen LogP contribution in [0.3, 0.4) is 0 Å². The number of fused-ring (bicyclic) bond motifs is 3. The first-order chi connectivity index (χ1) is 14.4. The summed E-state index contributed by atoms with van der Waals surface area (Å²) >= 11 is 0. The van der Waals surface area contributed by atoms with Crippen molar-refractivity contribution in [3.63, 3.8) is 0 Å². The SMILES string of the molecule is C/C=C(/C)C(=O)O[C@H]1C(C)=CC23C(=O)[C@@H](CC(CO)[C@@H](O)[C@]12O)[C@H]1[C@@H](CC3C)C1(C)C. The van der Waals surface area contributed by atoms with Gasteiger partial charge in [0.2, 0.25) is 0 Å². The molecule has 31 heavy (non-hydrogen) atoms. The number of ether oxygens (including phenoxy) is 1. The largest absolute Gasteiger partial charge is 0.451 e. The number of carbonyl (C=O) groups is 2. The molecule has 3 unspecified atom stereocenters. The molecule has 3 saturated carbocycles. The molecule has 0 saturated heterocycles. The summed E-state index contributed by atoms with van der Waals surface area (Å²) in [6.07, 6.45) is 1.95. The quantitative estimate of drug-likeness (QED) is 0.359. The second kappa shape index (κ2) is 7.00. The monoisotopic (exact) mass is 432 g/mol. The second-order valence-corrected chi connectivity index (χ2v) is 11.0. The number of esters is 1. The van der Waals surface area contributed by atoms with Crippen molar-refractivity contribution in [2.75, 3.05) is 6.61 Å². The van der Waals surface area contributed by atoms with E-state index in [0.717, 1.165) is 6.42 Å². The fraction of sp³-hybridized carbons (Fsp3) is 0.760. The van der Waals surface area contributed by atoms with Crippen LogP contribution in [-0.2, 0) is 14.3 Å². The maximum Gasteiger partial charge on any atom is 0.334 e. The van der Waals surface area contributed by atoms with Crippen LogP contribution in [-0.4, -0.2) is 51.5 Å². The molecule has 9 atom stereocenters. The van der Waals surface area contributed by atoms with Crippen molar-refractivity contribution < 1.29 is 29.6 Å². The van der Waals surface area contributed by atoms with Gasteiger partial charge in [-0.25, -0.2) is 4.79 Å². The van der Waals surface area contributed by atoms with Crippen molar-refractivity contribution in [3.05, 3.63) is 23.3 Å². The van der Waals surface area contributed by atoms with Gasteiger partial charge in [0.25, 0.3) is 0 Å². The molecule has 0 heterocycles. The third-order valence-electron chi connectivity index (χ3n) is 9.30. The lowest BCUT2D eigenvalue weighted by Gasteiger charge is -2.49. The fourth-order valence-corrected chi connectivity index (χ4v) is 7.38. The van der Waals surface area contributed by atoms with Gasteiger partial charge >= 0.3 is 5.97 Å². The maximum absolute atomic E-state index is 14.2. The van der Waals surface area contributed by atoms with Gasteiger partial charge in [0.05, 0.1) is 11.5 Å². The van der Waals surface area contributed by atoms with Gasteiger partial charge in [0.1, 0.15) is 11.4 Å². The first kappa shape index (κ1) is 22.7. The van der Waals surface area contributed by atoms with E-state index < -0.39 is 35.1 Å². The van der Waals surface area contributed by atoms with E-state index in [-0.39, 0.29) is 35.6 Å². The second-order valence-electron chi connectivity index (χ2n) is 11.0. The lowest BCUT2D eigenvalue weighted by molar-refractivity contribution is -0.214. The van der Waals surface area contributed by atoms with E-state index in [2.05, 4.69) is 13.8 Å². The summed E-state index contributed by atoms with van der Waals surface area (Å²) < 4.78 is 5.75. The molecule has 6 nitrogen and oxygen atoms in total. The third-order valence-corrected chi connectivity index (χ3v) is 9.30. The van der Waals surface area contributed by atoms with Crippen LogP contribution in [0.5, 0.6) is 0 Å². The lowest BCUT2D eigenvalue weighted by Crippen LogP contribution is -2.66. The Kier molecular flexibility index (Phi) is 5.12. The van der Waals surface area contributed by atoms with Crippen LogP contribution in [0.2, 0.25) is 0 Å². The van der Waals surface area contributed by atoms with Gasteiger partial charge in [-0.05, 0) is 62.4 Å². The molecule has 0 radical (unpaired) electrons.